The maximum Gasteiger partial charge on any atom is 0.120 e. The lowest BCUT2D eigenvalue weighted by Gasteiger charge is -2.03. The van der Waals surface area contributed by atoms with Gasteiger partial charge in [-0.3, -0.25) is 0 Å². The molecule has 76 valence electrons. The van der Waals surface area contributed by atoms with Crippen molar-refractivity contribution in [1.82, 2.24) is 4.98 Å². The molecule has 0 radical (unpaired) electrons. The monoisotopic (exact) mass is 200 g/mol. The van der Waals surface area contributed by atoms with Crippen molar-refractivity contribution in [3.05, 3.63) is 30.0 Å². The molecule has 1 N–H and O–H groups in total. The van der Waals surface area contributed by atoms with E-state index in [9.17, 15) is 0 Å². The number of fused-ring (bicyclic) bond motifs is 1. The van der Waals surface area contributed by atoms with E-state index in [1.165, 1.54) is 0 Å². The number of rotatable bonds is 3. The van der Waals surface area contributed by atoms with Crippen LogP contribution in [0.2, 0.25) is 0 Å². The predicted octanol–water partition coefficient (Wildman–Crippen LogP) is 2.83. The summed E-state index contributed by atoms with van der Waals surface area (Å²) in [5.41, 5.74) is 1.63. The first kappa shape index (κ1) is 9.60. The van der Waals surface area contributed by atoms with Crippen molar-refractivity contribution in [2.45, 2.75) is 13.3 Å². The molecule has 0 amide bonds. The van der Waals surface area contributed by atoms with E-state index >= 15 is 0 Å². The van der Waals surface area contributed by atoms with Gasteiger partial charge in [0.1, 0.15) is 11.8 Å². The number of hydrogen-bond acceptors (Lipinski definition) is 2. The molecule has 2 rings (SSSR count). The van der Waals surface area contributed by atoms with E-state index in [1.807, 2.05) is 18.2 Å². The fraction of sp³-hybridized carbons (Fsp3) is 0.250. The summed E-state index contributed by atoms with van der Waals surface area (Å²) in [6.45, 7) is 2.77. The molecule has 0 aliphatic heterocycles. The topological polar surface area (TPSA) is 48.8 Å². The fourth-order valence-corrected chi connectivity index (χ4v) is 1.50. The molecule has 2 aromatic rings. The third-order valence-corrected chi connectivity index (χ3v) is 2.25. The van der Waals surface area contributed by atoms with E-state index in [2.05, 4.69) is 18.0 Å². The first-order valence-corrected chi connectivity index (χ1v) is 4.99. The van der Waals surface area contributed by atoms with Gasteiger partial charge in [-0.15, -0.1) is 0 Å². The zero-order valence-electron chi connectivity index (χ0n) is 8.58. The van der Waals surface area contributed by atoms with Gasteiger partial charge in [0.25, 0.3) is 0 Å². The molecule has 1 aromatic heterocycles. The van der Waals surface area contributed by atoms with Gasteiger partial charge < -0.3 is 9.72 Å². The molecule has 0 bridgehead atoms. The van der Waals surface area contributed by atoms with Crippen LogP contribution in [0.25, 0.3) is 10.9 Å². The van der Waals surface area contributed by atoms with Crippen LogP contribution >= 0.6 is 0 Å². The minimum absolute atomic E-state index is 0.659. The number of nitrogens with zero attached hydrogens (tertiary/aromatic N) is 1. The van der Waals surface area contributed by atoms with Crippen LogP contribution in [0, 0.1) is 11.3 Å². The Bertz CT molecular complexity index is 508. The highest BCUT2D eigenvalue weighted by atomic mass is 16.5. The lowest BCUT2D eigenvalue weighted by molar-refractivity contribution is 0.318. The second-order valence-corrected chi connectivity index (χ2v) is 3.37. The third kappa shape index (κ3) is 1.79. The molecular weight excluding hydrogens is 188 g/mol. The lowest BCUT2D eigenvalue weighted by atomic mass is 10.2. The van der Waals surface area contributed by atoms with Crippen LogP contribution in [0.15, 0.2) is 24.4 Å². The number of H-pyrrole nitrogens is 1. The Morgan fingerprint density at radius 1 is 1.47 bits per heavy atom. The molecule has 0 aliphatic rings. The molecule has 0 spiro atoms. The minimum Gasteiger partial charge on any atom is -0.494 e. The number of nitriles is 1. The Labute approximate surface area is 88.3 Å². The van der Waals surface area contributed by atoms with Crippen LogP contribution < -0.4 is 4.74 Å². The average molecular weight is 200 g/mol. The van der Waals surface area contributed by atoms with Crippen LogP contribution in [0.1, 0.15) is 18.9 Å². The van der Waals surface area contributed by atoms with Crippen LogP contribution in [-0.2, 0) is 0 Å². The average Bonchev–Trinajstić information content (AvgIpc) is 2.68. The highest BCUT2D eigenvalue weighted by Crippen LogP contribution is 2.23. The van der Waals surface area contributed by atoms with E-state index in [0.29, 0.717) is 12.2 Å². The summed E-state index contributed by atoms with van der Waals surface area (Å²) >= 11 is 0. The Kier molecular flexibility index (Phi) is 2.59. The summed E-state index contributed by atoms with van der Waals surface area (Å²) in [4.78, 5) is 3.04. The molecule has 0 fully saturated rings. The van der Waals surface area contributed by atoms with Crippen molar-refractivity contribution in [1.29, 1.82) is 5.26 Å². The quantitative estimate of drug-likeness (QED) is 0.828. The van der Waals surface area contributed by atoms with Crippen LogP contribution in [-0.4, -0.2) is 11.6 Å². The number of aromatic nitrogens is 1. The van der Waals surface area contributed by atoms with Crippen molar-refractivity contribution in [2.75, 3.05) is 6.61 Å². The third-order valence-electron chi connectivity index (χ3n) is 2.25. The molecule has 15 heavy (non-hydrogen) atoms. The van der Waals surface area contributed by atoms with Crippen molar-refractivity contribution < 1.29 is 4.74 Å². The van der Waals surface area contributed by atoms with Crippen molar-refractivity contribution in [3.63, 3.8) is 0 Å². The number of hydrogen-bond donors (Lipinski definition) is 1. The summed E-state index contributed by atoms with van der Waals surface area (Å²) in [5, 5.41) is 9.80. The number of aromatic amines is 1. The SMILES string of the molecule is CCCOc1ccc2[nH]cc(C#N)c2c1. The molecule has 1 heterocycles. The van der Waals surface area contributed by atoms with Gasteiger partial charge in [0.05, 0.1) is 12.2 Å². The fourth-order valence-electron chi connectivity index (χ4n) is 1.50. The Balaban J connectivity index is 2.40. The van der Waals surface area contributed by atoms with Crippen LogP contribution in [0.5, 0.6) is 5.75 Å². The summed E-state index contributed by atoms with van der Waals surface area (Å²) in [6, 6.07) is 7.89. The van der Waals surface area contributed by atoms with Crippen LogP contribution in [0.4, 0.5) is 0 Å². The van der Waals surface area contributed by atoms with Crippen molar-refractivity contribution >= 4 is 10.9 Å². The van der Waals surface area contributed by atoms with E-state index in [4.69, 9.17) is 10.00 Å². The van der Waals surface area contributed by atoms with Crippen molar-refractivity contribution in [3.8, 4) is 11.8 Å². The molecule has 3 nitrogen and oxygen atoms in total. The lowest BCUT2D eigenvalue weighted by Crippen LogP contribution is -1.94. The Morgan fingerprint density at radius 2 is 2.33 bits per heavy atom. The van der Waals surface area contributed by atoms with Gasteiger partial charge in [-0.1, -0.05) is 6.92 Å². The molecule has 1 aromatic carbocycles. The van der Waals surface area contributed by atoms with E-state index < -0.39 is 0 Å². The smallest absolute Gasteiger partial charge is 0.120 e. The maximum atomic E-state index is 8.88. The van der Waals surface area contributed by atoms with Gasteiger partial charge >= 0.3 is 0 Å². The molecule has 0 atom stereocenters. The first-order valence-electron chi connectivity index (χ1n) is 4.99. The second-order valence-electron chi connectivity index (χ2n) is 3.37. The Morgan fingerprint density at radius 3 is 3.07 bits per heavy atom. The van der Waals surface area contributed by atoms with Crippen LogP contribution in [0.3, 0.4) is 0 Å². The molecule has 3 heteroatoms. The molecule has 0 aliphatic carbocycles. The van der Waals surface area contributed by atoms with Gasteiger partial charge in [0.2, 0.25) is 0 Å². The largest absolute Gasteiger partial charge is 0.494 e. The molecule has 0 unspecified atom stereocenters. The highest BCUT2D eigenvalue weighted by Gasteiger charge is 2.03. The zero-order valence-corrected chi connectivity index (χ0v) is 8.58. The summed E-state index contributed by atoms with van der Waals surface area (Å²) in [7, 11) is 0. The van der Waals surface area contributed by atoms with Crippen molar-refractivity contribution in [2.24, 2.45) is 0 Å². The van der Waals surface area contributed by atoms with E-state index in [-0.39, 0.29) is 0 Å². The number of ether oxygens (including phenoxy) is 1. The van der Waals surface area contributed by atoms with Gasteiger partial charge in [0.15, 0.2) is 0 Å². The first-order chi connectivity index (χ1) is 7.35. The second kappa shape index (κ2) is 4.05. The van der Waals surface area contributed by atoms with E-state index in [1.54, 1.807) is 6.20 Å². The maximum absolute atomic E-state index is 8.88. The predicted molar refractivity (Wildman–Crippen MR) is 58.8 cm³/mol. The van der Waals surface area contributed by atoms with Gasteiger partial charge in [-0.2, -0.15) is 5.26 Å². The highest BCUT2D eigenvalue weighted by molar-refractivity contribution is 5.86. The summed E-state index contributed by atoms with van der Waals surface area (Å²) < 4.78 is 5.51. The van der Waals surface area contributed by atoms with Gasteiger partial charge in [0, 0.05) is 17.1 Å². The molecule has 0 saturated carbocycles. The number of benzene rings is 1. The molecular formula is C12H12N2O. The standard InChI is InChI=1S/C12H12N2O/c1-2-5-15-10-3-4-12-11(6-10)9(7-13)8-14-12/h3-4,6,8,14H,2,5H2,1H3. The zero-order chi connectivity index (χ0) is 10.7. The Hall–Kier alpha value is -1.95. The number of nitrogens with one attached hydrogen (secondary N) is 1. The summed E-state index contributed by atoms with van der Waals surface area (Å²) in [6.07, 6.45) is 2.70. The van der Waals surface area contributed by atoms with Gasteiger partial charge in [-0.25, -0.2) is 0 Å². The normalized spacial score (nSPS) is 10.1. The van der Waals surface area contributed by atoms with E-state index in [0.717, 1.165) is 23.1 Å². The van der Waals surface area contributed by atoms with Gasteiger partial charge in [-0.05, 0) is 24.6 Å². The minimum atomic E-state index is 0.659. The summed E-state index contributed by atoms with van der Waals surface area (Å²) in [5.74, 6) is 0.820. The molecule has 0 saturated heterocycles.